The molecule has 6 heteroatoms. The average molecular weight is 292 g/mol. The summed E-state index contributed by atoms with van der Waals surface area (Å²) in [4.78, 5) is 21.6. The molecule has 0 saturated heterocycles. The lowest BCUT2D eigenvalue weighted by atomic mass is 10.1. The Bertz CT molecular complexity index is 685. The van der Waals surface area contributed by atoms with E-state index in [0.29, 0.717) is 17.1 Å². The standard InChI is InChI=1S/C14H10ClNO4/c1-9(17)11-4-2-3-5-14(11)20-10-6-7-13(16(18)19)12(15)8-10/h2-8H,1H3. The summed E-state index contributed by atoms with van der Waals surface area (Å²) in [6, 6.07) is 10.8. The summed E-state index contributed by atoms with van der Waals surface area (Å²) in [5.74, 6) is 0.577. The van der Waals surface area contributed by atoms with Crippen LogP contribution in [0.3, 0.4) is 0 Å². The van der Waals surface area contributed by atoms with Gasteiger partial charge in [-0.3, -0.25) is 14.9 Å². The molecule has 0 aliphatic heterocycles. The fourth-order valence-corrected chi connectivity index (χ4v) is 1.91. The molecule has 0 fully saturated rings. The van der Waals surface area contributed by atoms with E-state index in [1.165, 1.54) is 25.1 Å². The second-order valence-electron chi connectivity index (χ2n) is 4.02. The van der Waals surface area contributed by atoms with E-state index in [1.807, 2.05) is 0 Å². The second kappa shape index (κ2) is 5.71. The number of hydrogen-bond acceptors (Lipinski definition) is 4. The first kappa shape index (κ1) is 14.0. The lowest BCUT2D eigenvalue weighted by Gasteiger charge is -2.09. The lowest BCUT2D eigenvalue weighted by Crippen LogP contribution is -1.97. The molecule has 0 aliphatic rings. The molecule has 0 N–H and O–H groups in total. The highest BCUT2D eigenvalue weighted by molar-refractivity contribution is 6.32. The maximum atomic E-state index is 11.5. The third kappa shape index (κ3) is 2.95. The highest BCUT2D eigenvalue weighted by atomic mass is 35.5. The lowest BCUT2D eigenvalue weighted by molar-refractivity contribution is -0.384. The van der Waals surface area contributed by atoms with Crippen molar-refractivity contribution >= 4 is 23.1 Å². The van der Waals surface area contributed by atoms with Crippen molar-refractivity contribution in [1.82, 2.24) is 0 Å². The van der Waals surface area contributed by atoms with E-state index < -0.39 is 4.92 Å². The first-order valence-electron chi connectivity index (χ1n) is 5.71. The Kier molecular flexibility index (Phi) is 4.00. The number of ether oxygens (including phenoxy) is 1. The van der Waals surface area contributed by atoms with Gasteiger partial charge in [-0.05, 0) is 25.1 Å². The van der Waals surface area contributed by atoms with Crippen molar-refractivity contribution < 1.29 is 14.5 Å². The molecule has 0 bridgehead atoms. The highest BCUT2D eigenvalue weighted by Gasteiger charge is 2.14. The Balaban J connectivity index is 2.34. The molecule has 0 aromatic heterocycles. The number of nitro benzene ring substituents is 1. The molecule has 2 aromatic carbocycles. The molecule has 20 heavy (non-hydrogen) atoms. The van der Waals surface area contributed by atoms with Gasteiger partial charge < -0.3 is 4.74 Å². The van der Waals surface area contributed by atoms with Crippen LogP contribution in [0.15, 0.2) is 42.5 Å². The minimum absolute atomic E-state index is 0.0205. The van der Waals surface area contributed by atoms with E-state index in [9.17, 15) is 14.9 Å². The van der Waals surface area contributed by atoms with Gasteiger partial charge in [0.25, 0.3) is 5.69 Å². The number of hydrogen-bond donors (Lipinski definition) is 0. The molecular formula is C14H10ClNO4. The van der Waals surface area contributed by atoms with Crippen LogP contribution >= 0.6 is 11.6 Å². The van der Waals surface area contributed by atoms with Gasteiger partial charge in [0, 0.05) is 12.1 Å². The zero-order valence-corrected chi connectivity index (χ0v) is 11.3. The number of carbonyl (C=O) groups is 1. The highest BCUT2D eigenvalue weighted by Crippen LogP contribution is 2.32. The van der Waals surface area contributed by atoms with E-state index in [4.69, 9.17) is 16.3 Å². The number of rotatable bonds is 4. The van der Waals surface area contributed by atoms with Crippen molar-refractivity contribution in [2.75, 3.05) is 0 Å². The third-order valence-corrected chi connectivity index (χ3v) is 2.91. The molecule has 0 heterocycles. The summed E-state index contributed by atoms with van der Waals surface area (Å²) in [6.45, 7) is 1.44. The van der Waals surface area contributed by atoms with Gasteiger partial charge in [-0.2, -0.15) is 0 Å². The van der Waals surface area contributed by atoms with Gasteiger partial charge in [-0.1, -0.05) is 23.7 Å². The number of nitro groups is 1. The number of halogens is 1. The average Bonchev–Trinajstić information content (AvgIpc) is 2.38. The van der Waals surface area contributed by atoms with Crippen molar-refractivity contribution in [3.05, 3.63) is 63.2 Å². The molecule has 102 valence electrons. The smallest absolute Gasteiger partial charge is 0.288 e. The predicted octanol–water partition coefficient (Wildman–Crippen LogP) is 4.24. The maximum absolute atomic E-state index is 11.5. The van der Waals surface area contributed by atoms with Crippen LogP contribution < -0.4 is 4.74 Å². The quantitative estimate of drug-likeness (QED) is 0.480. The van der Waals surface area contributed by atoms with Gasteiger partial charge in [0.2, 0.25) is 0 Å². The Morgan fingerprint density at radius 3 is 2.55 bits per heavy atom. The van der Waals surface area contributed by atoms with E-state index >= 15 is 0 Å². The van der Waals surface area contributed by atoms with Crippen LogP contribution in [-0.2, 0) is 0 Å². The van der Waals surface area contributed by atoms with Crippen molar-refractivity contribution in [2.24, 2.45) is 0 Å². The molecule has 0 unspecified atom stereocenters. The van der Waals surface area contributed by atoms with Crippen molar-refractivity contribution in [3.8, 4) is 11.5 Å². The number of ketones is 1. The molecule has 2 aromatic rings. The molecule has 0 atom stereocenters. The van der Waals surface area contributed by atoms with E-state index in [1.54, 1.807) is 24.3 Å². The summed E-state index contributed by atoms with van der Waals surface area (Å²) in [6.07, 6.45) is 0. The SMILES string of the molecule is CC(=O)c1ccccc1Oc1ccc([N+](=O)[O-])c(Cl)c1. The van der Waals surface area contributed by atoms with Crippen molar-refractivity contribution in [2.45, 2.75) is 6.92 Å². The molecule has 5 nitrogen and oxygen atoms in total. The number of Topliss-reactive ketones (excluding diaryl/α,β-unsaturated/α-hetero) is 1. The normalized spacial score (nSPS) is 10.1. The Labute approximate surface area is 119 Å². The van der Waals surface area contributed by atoms with Crippen LogP contribution in [0.5, 0.6) is 11.5 Å². The van der Waals surface area contributed by atoms with Gasteiger partial charge in [0.05, 0.1) is 10.5 Å². The number of nitrogens with zero attached hydrogens (tertiary/aromatic N) is 1. The fourth-order valence-electron chi connectivity index (χ4n) is 1.67. The van der Waals surface area contributed by atoms with Crippen molar-refractivity contribution in [3.63, 3.8) is 0 Å². The van der Waals surface area contributed by atoms with Crippen LogP contribution in [0.4, 0.5) is 5.69 Å². The van der Waals surface area contributed by atoms with Crippen LogP contribution in [0.1, 0.15) is 17.3 Å². The molecule has 0 aliphatic carbocycles. The first-order valence-corrected chi connectivity index (χ1v) is 6.08. The summed E-state index contributed by atoms with van der Waals surface area (Å²) in [5, 5.41) is 10.6. The number of carbonyl (C=O) groups excluding carboxylic acids is 1. The molecule has 0 radical (unpaired) electrons. The topological polar surface area (TPSA) is 69.4 Å². The second-order valence-corrected chi connectivity index (χ2v) is 4.43. The van der Waals surface area contributed by atoms with Gasteiger partial charge in [0.1, 0.15) is 16.5 Å². The Morgan fingerprint density at radius 2 is 1.95 bits per heavy atom. The summed E-state index contributed by atoms with van der Waals surface area (Å²) in [7, 11) is 0. The molecular weight excluding hydrogens is 282 g/mol. The fraction of sp³-hybridized carbons (Fsp3) is 0.0714. The Morgan fingerprint density at radius 1 is 1.25 bits per heavy atom. The van der Waals surface area contributed by atoms with Gasteiger partial charge in [-0.25, -0.2) is 0 Å². The number of benzene rings is 2. The largest absolute Gasteiger partial charge is 0.457 e. The number of para-hydroxylation sites is 1. The van der Waals surface area contributed by atoms with E-state index in [-0.39, 0.29) is 16.5 Å². The van der Waals surface area contributed by atoms with Crippen LogP contribution in [0.25, 0.3) is 0 Å². The monoisotopic (exact) mass is 291 g/mol. The minimum Gasteiger partial charge on any atom is -0.457 e. The van der Waals surface area contributed by atoms with Gasteiger partial charge in [-0.15, -0.1) is 0 Å². The molecule has 0 amide bonds. The van der Waals surface area contributed by atoms with Crippen LogP contribution in [0.2, 0.25) is 5.02 Å². The zero-order valence-electron chi connectivity index (χ0n) is 10.5. The van der Waals surface area contributed by atoms with E-state index in [2.05, 4.69) is 0 Å². The van der Waals surface area contributed by atoms with E-state index in [0.717, 1.165) is 0 Å². The third-order valence-electron chi connectivity index (χ3n) is 2.61. The molecule has 0 spiro atoms. The summed E-state index contributed by atoms with van der Waals surface area (Å²) in [5.41, 5.74) is 0.237. The van der Waals surface area contributed by atoms with Gasteiger partial charge >= 0.3 is 0 Å². The minimum atomic E-state index is -0.574. The first-order chi connectivity index (χ1) is 9.49. The summed E-state index contributed by atoms with van der Waals surface area (Å²) >= 11 is 5.80. The maximum Gasteiger partial charge on any atom is 0.288 e. The van der Waals surface area contributed by atoms with Crippen molar-refractivity contribution in [1.29, 1.82) is 0 Å². The molecule has 0 saturated carbocycles. The van der Waals surface area contributed by atoms with Crippen LogP contribution in [0, 0.1) is 10.1 Å². The summed E-state index contributed by atoms with van der Waals surface area (Å²) < 4.78 is 5.56. The van der Waals surface area contributed by atoms with Crippen LogP contribution in [-0.4, -0.2) is 10.7 Å². The van der Waals surface area contributed by atoms with Gasteiger partial charge in [0.15, 0.2) is 5.78 Å². The predicted molar refractivity (Wildman–Crippen MR) is 74.6 cm³/mol. The zero-order chi connectivity index (χ0) is 14.7. The molecule has 2 rings (SSSR count). The Hall–Kier alpha value is -2.40.